The first-order valence-electron chi connectivity index (χ1n) is 8.22. The lowest BCUT2D eigenvalue weighted by Gasteiger charge is -2.21. The number of amides is 1. The molecule has 1 heterocycles. The number of halogens is 3. The lowest BCUT2D eigenvalue weighted by molar-refractivity contribution is 0.0743. The van der Waals surface area contributed by atoms with Crippen molar-refractivity contribution in [3.8, 4) is 11.5 Å². The smallest absolute Gasteiger partial charge is 0.254 e. The molecule has 26 heavy (non-hydrogen) atoms. The number of likely N-dealkylation sites (tertiary alicyclic amines) is 1. The largest absolute Gasteiger partial charge is 0.456 e. The highest BCUT2D eigenvalue weighted by Crippen LogP contribution is 2.32. The normalized spacial score (nSPS) is 19.2. The van der Waals surface area contributed by atoms with Crippen molar-refractivity contribution < 1.29 is 9.53 Å². The number of nitrogens with two attached hydrogens (primary N) is 1. The van der Waals surface area contributed by atoms with E-state index in [0.717, 1.165) is 13.0 Å². The number of benzene rings is 2. The molecule has 140 valence electrons. The molecule has 0 radical (unpaired) electrons. The van der Waals surface area contributed by atoms with E-state index in [-0.39, 0.29) is 24.4 Å². The molecule has 1 aliphatic rings. The summed E-state index contributed by atoms with van der Waals surface area (Å²) in [6.45, 7) is 3.39. The van der Waals surface area contributed by atoms with E-state index >= 15 is 0 Å². The zero-order chi connectivity index (χ0) is 18.0. The molecule has 1 amide bonds. The van der Waals surface area contributed by atoms with Crippen LogP contribution in [0.25, 0.3) is 0 Å². The molecule has 3 rings (SSSR count). The molecule has 0 saturated carbocycles. The number of carbonyl (C=O) groups is 1. The van der Waals surface area contributed by atoms with Gasteiger partial charge in [0, 0.05) is 23.2 Å². The predicted molar refractivity (Wildman–Crippen MR) is 108 cm³/mol. The van der Waals surface area contributed by atoms with Gasteiger partial charge in [-0.2, -0.15) is 0 Å². The van der Waals surface area contributed by atoms with Gasteiger partial charge in [0.1, 0.15) is 11.5 Å². The highest BCUT2D eigenvalue weighted by molar-refractivity contribution is 6.35. The Labute approximate surface area is 169 Å². The molecule has 1 saturated heterocycles. The van der Waals surface area contributed by atoms with Crippen LogP contribution in [-0.4, -0.2) is 29.9 Å². The van der Waals surface area contributed by atoms with Gasteiger partial charge in [0.05, 0.1) is 5.02 Å². The number of hydrogen-bond donors (Lipinski definition) is 1. The molecule has 1 aliphatic heterocycles. The van der Waals surface area contributed by atoms with Crippen LogP contribution in [0.1, 0.15) is 23.7 Å². The van der Waals surface area contributed by atoms with Crippen molar-refractivity contribution in [3.05, 3.63) is 58.1 Å². The molecule has 2 atom stereocenters. The second-order valence-electron chi connectivity index (χ2n) is 6.35. The average Bonchev–Trinajstić information content (AvgIpc) is 2.98. The minimum Gasteiger partial charge on any atom is -0.456 e. The standard InChI is InChI=1S/C19H20Cl2N2O2.ClH/c1-12-8-13(10-22)11-23(12)19(24)14-2-5-16(6-3-14)25-18-7-4-15(20)9-17(18)21;/h2-7,9,12-13H,8,10-11,22H2,1H3;1H. The lowest BCUT2D eigenvalue weighted by atomic mass is 10.1. The number of nitrogens with zero attached hydrogens (tertiary/aromatic N) is 1. The van der Waals surface area contributed by atoms with Crippen molar-refractivity contribution in [2.24, 2.45) is 11.7 Å². The summed E-state index contributed by atoms with van der Waals surface area (Å²) in [7, 11) is 0. The Morgan fingerprint density at radius 1 is 1.23 bits per heavy atom. The van der Waals surface area contributed by atoms with Crippen LogP contribution in [0.3, 0.4) is 0 Å². The van der Waals surface area contributed by atoms with Gasteiger partial charge in [0.15, 0.2) is 0 Å². The zero-order valence-corrected chi connectivity index (χ0v) is 16.7. The molecule has 4 nitrogen and oxygen atoms in total. The predicted octanol–water partition coefficient (Wildman–Crippen LogP) is 5.02. The first kappa shape index (κ1) is 20.8. The summed E-state index contributed by atoms with van der Waals surface area (Å²) in [5.74, 6) is 1.53. The van der Waals surface area contributed by atoms with Crippen molar-refractivity contribution in [2.45, 2.75) is 19.4 Å². The van der Waals surface area contributed by atoms with Gasteiger partial charge in [0.25, 0.3) is 5.91 Å². The van der Waals surface area contributed by atoms with Gasteiger partial charge in [-0.05, 0) is 68.3 Å². The molecule has 2 unspecified atom stereocenters. The summed E-state index contributed by atoms with van der Waals surface area (Å²) in [6.07, 6.45) is 0.957. The average molecular weight is 416 g/mol. The van der Waals surface area contributed by atoms with E-state index in [9.17, 15) is 4.79 Å². The third-order valence-electron chi connectivity index (χ3n) is 4.48. The lowest BCUT2D eigenvalue weighted by Crippen LogP contribution is -2.34. The molecular weight excluding hydrogens is 395 g/mol. The van der Waals surface area contributed by atoms with Gasteiger partial charge >= 0.3 is 0 Å². The fourth-order valence-corrected chi connectivity index (χ4v) is 3.56. The fraction of sp³-hybridized carbons (Fsp3) is 0.316. The van der Waals surface area contributed by atoms with Gasteiger partial charge in [-0.3, -0.25) is 4.79 Å². The highest BCUT2D eigenvalue weighted by Gasteiger charge is 2.32. The van der Waals surface area contributed by atoms with E-state index < -0.39 is 0 Å². The SMILES string of the molecule is CC1CC(CN)CN1C(=O)c1ccc(Oc2ccc(Cl)cc2Cl)cc1.Cl. The minimum absolute atomic E-state index is 0. The Kier molecular flexibility index (Phi) is 7.18. The summed E-state index contributed by atoms with van der Waals surface area (Å²) >= 11 is 12.0. The fourth-order valence-electron chi connectivity index (χ4n) is 3.11. The topological polar surface area (TPSA) is 55.6 Å². The third-order valence-corrected chi connectivity index (χ3v) is 5.01. The summed E-state index contributed by atoms with van der Waals surface area (Å²) in [4.78, 5) is 14.6. The van der Waals surface area contributed by atoms with Crippen molar-refractivity contribution in [1.29, 1.82) is 0 Å². The van der Waals surface area contributed by atoms with E-state index in [1.54, 1.807) is 42.5 Å². The number of hydrogen-bond acceptors (Lipinski definition) is 3. The maximum Gasteiger partial charge on any atom is 0.254 e. The minimum atomic E-state index is 0. The van der Waals surface area contributed by atoms with E-state index in [2.05, 4.69) is 6.92 Å². The van der Waals surface area contributed by atoms with Crippen LogP contribution in [0.15, 0.2) is 42.5 Å². The Hall–Kier alpha value is -1.46. The van der Waals surface area contributed by atoms with Crippen LogP contribution in [-0.2, 0) is 0 Å². The van der Waals surface area contributed by atoms with Gasteiger partial charge < -0.3 is 15.4 Å². The van der Waals surface area contributed by atoms with Gasteiger partial charge in [-0.1, -0.05) is 23.2 Å². The Balaban J connectivity index is 0.00000243. The van der Waals surface area contributed by atoms with Crippen LogP contribution < -0.4 is 10.5 Å². The van der Waals surface area contributed by atoms with Crippen molar-refractivity contribution >= 4 is 41.5 Å². The number of carbonyl (C=O) groups excluding carboxylic acids is 1. The quantitative estimate of drug-likeness (QED) is 0.763. The Bertz CT molecular complexity index is 768. The van der Waals surface area contributed by atoms with Gasteiger partial charge in [0.2, 0.25) is 0 Å². The van der Waals surface area contributed by atoms with Gasteiger partial charge in [-0.25, -0.2) is 0 Å². The van der Waals surface area contributed by atoms with Crippen LogP contribution in [0.4, 0.5) is 0 Å². The number of ether oxygens (including phenoxy) is 1. The van der Waals surface area contributed by atoms with E-state index in [0.29, 0.717) is 39.6 Å². The molecule has 0 aromatic heterocycles. The first-order chi connectivity index (χ1) is 12.0. The molecule has 7 heteroatoms. The van der Waals surface area contributed by atoms with Crippen LogP contribution >= 0.6 is 35.6 Å². The molecule has 2 aromatic rings. The highest BCUT2D eigenvalue weighted by atomic mass is 35.5. The Morgan fingerprint density at radius 3 is 2.50 bits per heavy atom. The Morgan fingerprint density at radius 2 is 1.92 bits per heavy atom. The molecule has 2 aromatic carbocycles. The van der Waals surface area contributed by atoms with Crippen LogP contribution in [0, 0.1) is 5.92 Å². The van der Waals surface area contributed by atoms with Crippen molar-refractivity contribution in [3.63, 3.8) is 0 Å². The molecule has 1 fully saturated rings. The van der Waals surface area contributed by atoms with Crippen LogP contribution in [0.5, 0.6) is 11.5 Å². The van der Waals surface area contributed by atoms with E-state index in [4.69, 9.17) is 33.7 Å². The second kappa shape index (κ2) is 8.96. The summed E-state index contributed by atoms with van der Waals surface area (Å²) in [6, 6.07) is 12.3. The third kappa shape index (κ3) is 4.63. The van der Waals surface area contributed by atoms with Gasteiger partial charge in [-0.15, -0.1) is 12.4 Å². The van der Waals surface area contributed by atoms with Crippen molar-refractivity contribution in [1.82, 2.24) is 4.90 Å². The number of rotatable bonds is 4. The van der Waals surface area contributed by atoms with Crippen LogP contribution in [0.2, 0.25) is 10.0 Å². The summed E-state index contributed by atoms with van der Waals surface area (Å²) in [5, 5.41) is 0.986. The summed E-state index contributed by atoms with van der Waals surface area (Å²) < 4.78 is 5.75. The van der Waals surface area contributed by atoms with E-state index in [1.807, 2.05) is 4.90 Å². The molecule has 0 aliphatic carbocycles. The molecular formula is C19H21Cl3N2O2. The second-order valence-corrected chi connectivity index (χ2v) is 7.19. The van der Waals surface area contributed by atoms with E-state index in [1.165, 1.54) is 0 Å². The summed E-state index contributed by atoms with van der Waals surface area (Å²) in [5.41, 5.74) is 6.38. The maximum absolute atomic E-state index is 12.7. The maximum atomic E-state index is 12.7. The molecule has 2 N–H and O–H groups in total. The first-order valence-corrected chi connectivity index (χ1v) is 8.97. The monoisotopic (exact) mass is 414 g/mol. The molecule has 0 spiro atoms. The zero-order valence-electron chi connectivity index (χ0n) is 14.3. The molecule has 0 bridgehead atoms. The van der Waals surface area contributed by atoms with Crippen molar-refractivity contribution in [2.75, 3.05) is 13.1 Å².